The molecule has 0 atom stereocenters. The summed E-state index contributed by atoms with van der Waals surface area (Å²) >= 11 is 1.56. The number of carbonyl (C=O) groups excluding carboxylic acids is 1. The first-order chi connectivity index (χ1) is 18.5. The van der Waals surface area contributed by atoms with Gasteiger partial charge in [-0.15, -0.1) is 11.3 Å². The Labute approximate surface area is 238 Å². The van der Waals surface area contributed by atoms with Crippen LogP contribution in [0.4, 0.5) is 0 Å². The third kappa shape index (κ3) is 6.75. The highest BCUT2D eigenvalue weighted by Crippen LogP contribution is 2.50. The van der Waals surface area contributed by atoms with Crippen LogP contribution >= 0.6 is 11.3 Å². The molecule has 0 saturated heterocycles. The Morgan fingerprint density at radius 3 is 2.31 bits per heavy atom. The second-order valence-corrected chi connectivity index (χ2v) is 14.9. The topological polar surface area (TPSA) is 79.3 Å². The molecule has 3 saturated carbocycles. The molecule has 6 heteroatoms. The molecule has 39 heavy (non-hydrogen) atoms. The molecule has 0 radical (unpaired) electrons. The zero-order chi connectivity index (χ0) is 27.8. The number of hydrogen-bond acceptors (Lipinski definition) is 4. The summed E-state index contributed by atoms with van der Waals surface area (Å²) in [4.78, 5) is 30.8. The minimum Gasteiger partial charge on any atom is -0.481 e. The van der Waals surface area contributed by atoms with Crippen LogP contribution in [0.2, 0.25) is 0 Å². The van der Waals surface area contributed by atoms with Crippen LogP contribution < -0.4 is 5.32 Å². The first-order valence-corrected chi connectivity index (χ1v) is 16.0. The number of carboxylic acid groups (broad SMARTS) is 1. The van der Waals surface area contributed by atoms with Gasteiger partial charge < -0.3 is 10.4 Å². The molecule has 2 aromatic rings. The number of carboxylic acids is 1. The fourth-order valence-corrected chi connectivity index (χ4v) is 7.42. The van der Waals surface area contributed by atoms with Crippen LogP contribution in [-0.4, -0.2) is 28.5 Å². The van der Waals surface area contributed by atoms with Crippen molar-refractivity contribution < 1.29 is 14.7 Å². The lowest BCUT2D eigenvalue weighted by atomic mass is 9.82. The summed E-state index contributed by atoms with van der Waals surface area (Å²) in [6.45, 7) is 9.81. The number of hydrogen-bond donors (Lipinski definition) is 2. The van der Waals surface area contributed by atoms with E-state index in [0.717, 1.165) is 25.0 Å². The maximum Gasteiger partial charge on any atom is 0.306 e. The van der Waals surface area contributed by atoms with Gasteiger partial charge in [0.25, 0.3) is 5.91 Å². The van der Waals surface area contributed by atoms with Gasteiger partial charge in [0, 0.05) is 6.54 Å². The Bertz CT molecular complexity index is 1170. The van der Waals surface area contributed by atoms with Crippen molar-refractivity contribution >= 4 is 23.2 Å². The van der Waals surface area contributed by atoms with Gasteiger partial charge in [0.05, 0.1) is 16.5 Å². The SMILES string of the molecule is CC(C)(C)c1cc(-c2sc(C(=O)NC[C@H]3CC[C@H](C(=O)O)CC3)nc2CC2CCCCC2)cc(C2(C)CC2)c1. The molecule has 0 bridgehead atoms. The summed E-state index contributed by atoms with van der Waals surface area (Å²) in [5.74, 6) is -0.0138. The molecule has 1 heterocycles. The average molecular weight is 551 g/mol. The van der Waals surface area contributed by atoms with Crippen molar-refractivity contribution in [2.45, 2.75) is 116 Å². The van der Waals surface area contributed by atoms with Gasteiger partial charge in [0.1, 0.15) is 0 Å². The van der Waals surface area contributed by atoms with Gasteiger partial charge in [-0.3, -0.25) is 9.59 Å². The molecule has 3 fully saturated rings. The summed E-state index contributed by atoms with van der Waals surface area (Å²) in [5.41, 5.74) is 5.40. The van der Waals surface area contributed by atoms with E-state index in [9.17, 15) is 14.7 Å². The van der Waals surface area contributed by atoms with Gasteiger partial charge in [-0.05, 0) is 96.4 Å². The van der Waals surface area contributed by atoms with Crippen LogP contribution in [-0.2, 0) is 22.0 Å². The Kier molecular flexibility index (Phi) is 8.24. The van der Waals surface area contributed by atoms with E-state index in [1.165, 1.54) is 66.5 Å². The van der Waals surface area contributed by atoms with Crippen molar-refractivity contribution in [1.82, 2.24) is 10.3 Å². The third-order valence-corrected chi connectivity index (χ3v) is 10.7. The molecular formula is C33H46N2O3S. The van der Waals surface area contributed by atoms with Gasteiger partial charge in [0.2, 0.25) is 0 Å². The molecule has 1 aromatic heterocycles. The van der Waals surface area contributed by atoms with Crippen molar-refractivity contribution in [3.63, 3.8) is 0 Å². The van der Waals surface area contributed by atoms with E-state index in [1.54, 1.807) is 11.3 Å². The van der Waals surface area contributed by atoms with E-state index in [1.807, 2.05) is 0 Å². The lowest BCUT2D eigenvalue weighted by Crippen LogP contribution is -2.32. The first kappa shape index (κ1) is 28.3. The highest BCUT2D eigenvalue weighted by atomic mass is 32.1. The van der Waals surface area contributed by atoms with Crippen molar-refractivity contribution in [1.29, 1.82) is 0 Å². The van der Waals surface area contributed by atoms with Gasteiger partial charge in [-0.1, -0.05) is 65.9 Å². The Morgan fingerprint density at radius 2 is 1.69 bits per heavy atom. The van der Waals surface area contributed by atoms with Crippen molar-refractivity contribution in [3.05, 3.63) is 40.0 Å². The van der Waals surface area contributed by atoms with Crippen molar-refractivity contribution in [2.75, 3.05) is 6.54 Å². The maximum absolute atomic E-state index is 13.4. The largest absolute Gasteiger partial charge is 0.481 e. The molecule has 0 unspecified atom stereocenters. The quantitative estimate of drug-likeness (QED) is 0.350. The Hall–Kier alpha value is -2.21. The molecular weight excluding hydrogens is 504 g/mol. The molecule has 1 aromatic carbocycles. The molecule has 2 N–H and O–H groups in total. The van der Waals surface area contributed by atoms with Crippen LogP contribution in [0.1, 0.15) is 125 Å². The summed E-state index contributed by atoms with van der Waals surface area (Å²) in [6, 6.07) is 7.13. The van der Waals surface area contributed by atoms with Gasteiger partial charge in [0.15, 0.2) is 5.01 Å². The number of rotatable bonds is 8. The third-order valence-electron chi connectivity index (χ3n) is 9.60. The number of nitrogens with zero attached hydrogens (tertiary/aromatic N) is 1. The number of amides is 1. The van der Waals surface area contributed by atoms with E-state index in [-0.39, 0.29) is 22.7 Å². The van der Waals surface area contributed by atoms with Crippen LogP contribution in [0.3, 0.4) is 0 Å². The summed E-state index contributed by atoms with van der Waals surface area (Å²) in [7, 11) is 0. The predicted octanol–water partition coefficient (Wildman–Crippen LogP) is 7.90. The fraction of sp³-hybridized carbons (Fsp3) is 0.667. The lowest BCUT2D eigenvalue weighted by Gasteiger charge is -2.25. The number of carbonyl (C=O) groups is 2. The van der Waals surface area contributed by atoms with E-state index in [4.69, 9.17) is 4.98 Å². The Balaban J connectivity index is 1.40. The zero-order valence-corrected chi connectivity index (χ0v) is 25.1. The minimum absolute atomic E-state index is 0.0457. The van der Waals surface area contributed by atoms with Crippen LogP contribution in [0.5, 0.6) is 0 Å². The first-order valence-electron chi connectivity index (χ1n) is 15.2. The van der Waals surface area contributed by atoms with Crippen LogP contribution in [0.15, 0.2) is 18.2 Å². The van der Waals surface area contributed by atoms with Crippen LogP contribution in [0.25, 0.3) is 10.4 Å². The summed E-state index contributed by atoms with van der Waals surface area (Å²) in [6.07, 6.45) is 13.0. The summed E-state index contributed by atoms with van der Waals surface area (Å²) in [5, 5.41) is 13.0. The highest BCUT2D eigenvalue weighted by molar-refractivity contribution is 7.17. The number of nitrogens with one attached hydrogen (secondary N) is 1. The summed E-state index contributed by atoms with van der Waals surface area (Å²) < 4.78 is 0. The van der Waals surface area contributed by atoms with Crippen LogP contribution in [0, 0.1) is 17.8 Å². The molecule has 3 aliphatic rings. The highest BCUT2D eigenvalue weighted by Gasteiger charge is 2.40. The molecule has 212 valence electrons. The fourth-order valence-electron chi connectivity index (χ4n) is 6.42. The molecule has 0 aliphatic heterocycles. The van der Waals surface area contributed by atoms with E-state index >= 15 is 0 Å². The van der Waals surface area contributed by atoms with Gasteiger partial charge >= 0.3 is 5.97 Å². The second-order valence-electron chi connectivity index (χ2n) is 13.9. The van der Waals surface area contributed by atoms with Crippen molar-refractivity contribution in [3.8, 4) is 10.4 Å². The van der Waals surface area contributed by atoms with E-state index in [0.29, 0.717) is 36.2 Å². The number of benzene rings is 1. The number of aliphatic carboxylic acids is 1. The van der Waals surface area contributed by atoms with Gasteiger partial charge in [-0.25, -0.2) is 4.98 Å². The molecule has 5 nitrogen and oxygen atoms in total. The predicted molar refractivity (Wildman–Crippen MR) is 159 cm³/mol. The number of aromatic nitrogens is 1. The minimum atomic E-state index is -0.687. The number of thiazole rings is 1. The molecule has 3 aliphatic carbocycles. The molecule has 5 rings (SSSR count). The smallest absolute Gasteiger partial charge is 0.306 e. The van der Waals surface area contributed by atoms with E-state index in [2.05, 4.69) is 51.2 Å². The standard InChI is InChI=1S/C33H46N2O3S/c1-32(2,3)25-17-24(18-26(19-25)33(4)14-15-33)28-27(16-21-8-6-5-7-9-21)35-30(39-28)29(36)34-20-22-10-12-23(13-11-22)31(37)38/h17-19,21-23H,5-16,20H2,1-4H3,(H,34,36)(H,37,38)/t22-,23-. The zero-order valence-electron chi connectivity index (χ0n) is 24.3. The monoisotopic (exact) mass is 550 g/mol. The maximum atomic E-state index is 13.4. The lowest BCUT2D eigenvalue weighted by molar-refractivity contribution is -0.143. The average Bonchev–Trinajstić information content (AvgIpc) is 3.53. The van der Waals surface area contributed by atoms with Crippen molar-refractivity contribution in [2.24, 2.45) is 17.8 Å². The second kappa shape index (κ2) is 11.3. The molecule has 0 spiro atoms. The van der Waals surface area contributed by atoms with E-state index < -0.39 is 5.97 Å². The van der Waals surface area contributed by atoms with Gasteiger partial charge in [-0.2, -0.15) is 0 Å². The normalized spacial score (nSPS) is 23.4. The molecule has 1 amide bonds. The Morgan fingerprint density at radius 1 is 1.00 bits per heavy atom.